The zero-order chi connectivity index (χ0) is 15.4. The van der Waals surface area contributed by atoms with Gasteiger partial charge in [0, 0.05) is 23.3 Å². The number of aromatic nitrogens is 1. The number of hydrogen-bond acceptors (Lipinski definition) is 4. The van der Waals surface area contributed by atoms with Gasteiger partial charge in [0.15, 0.2) is 0 Å². The lowest BCUT2D eigenvalue weighted by atomic mass is 9.96. The van der Waals surface area contributed by atoms with Gasteiger partial charge < -0.3 is 10.4 Å². The molecule has 118 valence electrons. The van der Waals surface area contributed by atoms with E-state index in [4.69, 9.17) is 4.98 Å². The molecule has 0 atom stereocenters. The fraction of sp³-hybridized carbons (Fsp3) is 0.500. The molecule has 4 heteroatoms. The largest absolute Gasteiger partial charge is 0.388 e. The Morgan fingerprint density at radius 2 is 2.05 bits per heavy atom. The Kier molecular flexibility index (Phi) is 4.89. The summed E-state index contributed by atoms with van der Waals surface area (Å²) in [7, 11) is 0. The van der Waals surface area contributed by atoms with Gasteiger partial charge in [-0.1, -0.05) is 31.5 Å². The molecule has 1 aromatic heterocycles. The van der Waals surface area contributed by atoms with Crippen LogP contribution in [-0.4, -0.2) is 33.7 Å². The molecule has 0 amide bonds. The standard InChI is InChI=1S/C18H24N2OS/c1-2-5-14-12-17(15-6-3-4-7-16(15)20-14)19-13-18(21)8-10-22-11-9-18/h3-4,6-7,12,21H,2,5,8-11,13H2,1H3,(H,19,20). The van der Waals surface area contributed by atoms with Crippen molar-refractivity contribution in [1.82, 2.24) is 4.98 Å². The second-order valence-corrected chi connectivity index (χ2v) is 7.34. The molecule has 1 aliphatic rings. The van der Waals surface area contributed by atoms with Crippen LogP contribution in [0.5, 0.6) is 0 Å². The summed E-state index contributed by atoms with van der Waals surface area (Å²) in [5, 5.41) is 15.3. The van der Waals surface area contributed by atoms with Crippen LogP contribution in [0.2, 0.25) is 0 Å². The molecule has 0 unspecified atom stereocenters. The Labute approximate surface area is 136 Å². The molecular weight excluding hydrogens is 292 g/mol. The van der Waals surface area contributed by atoms with Crippen LogP contribution >= 0.6 is 11.8 Å². The third kappa shape index (κ3) is 3.55. The second-order valence-electron chi connectivity index (χ2n) is 6.12. The lowest BCUT2D eigenvalue weighted by Gasteiger charge is -2.32. The molecular formula is C18H24N2OS. The number of anilines is 1. The number of fused-ring (bicyclic) bond motifs is 1. The SMILES string of the molecule is CCCc1cc(NCC2(O)CCSCC2)c2ccccc2n1. The second kappa shape index (κ2) is 6.88. The highest BCUT2D eigenvalue weighted by Crippen LogP contribution is 2.29. The van der Waals surface area contributed by atoms with Crippen molar-refractivity contribution >= 4 is 28.4 Å². The van der Waals surface area contributed by atoms with Crippen LogP contribution in [0, 0.1) is 0 Å². The Balaban J connectivity index is 1.85. The maximum absolute atomic E-state index is 10.7. The average molecular weight is 316 g/mol. The van der Waals surface area contributed by atoms with E-state index in [1.165, 1.54) is 0 Å². The van der Waals surface area contributed by atoms with Crippen LogP contribution in [0.25, 0.3) is 10.9 Å². The molecule has 0 spiro atoms. The first kappa shape index (κ1) is 15.6. The Bertz CT molecular complexity index is 638. The monoisotopic (exact) mass is 316 g/mol. The van der Waals surface area contributed by atoms with Gasteiger partial charge >= 0.3 is 0 Å². The summed E-state index contributed by atoms with van der Waals surface area (Å²) in [4.78, 5) is 4.73. The molecule has 1 aromatic carbocycles. The summed E-state index contributed by atoms with van der Waals surface area (Å²) in [5.41, 5.74) is 2.68. The number of aliphatic hydroxyl groups is 1. The van der Waals surface area contributed by atoms with Crippen LogP contribution < -0.4 is 5.32 Å². The molecule has 3 rings (SSSR count). The Morgan fingerprint density at radius 3 is 2.82 bits per heavy atom. The van der Waals surface area contributed by atoms with Gasteiger partial charge in [0.1, 0.15) is 0 Å². The third-order valence-electron chi connectivity index (χ3n) is 4.31. The van der Waals surface area contributed by atoms with E-state index in [1.54, 1.807) is 0 Å². The number of benzene rings is 1. The zero-order valence-electron chi connectivity index (χ0n) is 13.1. The van der Waals surface area contributed by atoms with E-state index >= 15 is 0 Å². The zero-order valence-corrected chi connectivity index (χ0v) is 14.0. The highest BCUT2D eigenvalue weighted by atomic mass is 32.2. The van der Waals surface area contributed by atoms with Crippen LogP contribution in [0.1, 0.15) is 31.9 Å². The molecule has 2 N–H and O–H groups in total. The first-order valence-electron chi connectivity index (χ1n) is 8.13. The van der Waals surface area contributed by atoms with Crippen molar-refractivity contribution in [3.63, 3.8) is 0 Å². The molecule has 0 saturated carbocycles. The minimum Gasteiger partial charge on any atom is -0.388 e. The first-order valence-corrected chi connectivity index (χ1v) is 9.28. The molecule has 3 nitrogen and oxygen atoms in total. The topological polar surface area (TPSA) is 45.1 Å². The van der Waals surface area contributed by atoms with Gasteiger partial charge in [-0.2, -0.15) is 11.8 Å². The van der Waals surface area contributed by atoms with Gasteiger partial charge in [-0.25, -0.2) is 0 Å². The van der Waals surface area contributed by atoms with E-state index in [0.717, 1.165) is 59.5 Å². The van der Waals surface area contributed by atoms with E-state index in [0.29, 0.717) is 6.54 Å². The van der Waals surface area contributed by atoms with E-state index in [9.17, 15) is 5.11 Å². The fourth-order valence-electron chi connectivity index (χ4n) is 2.95. The summed E-state index contributed by atoms with van der Waals surface area (Å²) in [5.74, 6) is 2.10. The van der Waals surface area contributed by atoms with Crippen LogP contribution in [0.15, 0.2) is 30.3 Å². The number of pyridine rings is 1. The lowest BCUT2D eigenvalue weighted by Crippen LogP contribution is -2.40. The summed E-state index contributed by atoms with van der Waals surface area (Å²) in [6.07, 6.45) is 3.82. The molecule has 0 bridgehead atoms. The highest BCUT2D eigenvalue weighted by Gasteiger charge is 2.29. The number of hydrogen-bond donors (Lipinski definition) is 2. The van der Waals surface area contributed by atoms with Gasteiger partial charge in [-0.3, -0.25) is 4.98 Å². The molecule has 1 aliphatic heterocycles. The Hall–Kier alpha value is -1.26. The van der Waals surface area contributed by atoms with Crippen molar-refractivity contribution < 1.29 is 5.11 Å². The van der Waals surface area contributed by atoms with Crippen molar-refractivity contribution in [1.29, 1.82) is 0 Å². The smallest absolute Gasteiger partial charge is 0.0835 e. The molecule has 0 radical (unpaired) electrons. The van der Waals surface area contributed by atoms with E-state index < -0.39 is 5.60 Å². The minimum absolute atomic E-state index is 0.569. The molecule has 0 aliphatic carbocycles. The maximum atomic E-state index is 10.7. The summed E-state index contributed by atoms with van der Waals surface area (Å²) in [6.45, 7) is 2.79. The number of rotatable bonds is 5. The predicted molar refractivity (Wildman–Crippen MR) is 95.7 cm³/mol. The minimum atomic E-state index is -0.569. The molecule has 2 aromatic rings. The summed E-state index contributed by atoms with van der Waals surface area (Å²) < 4.78 is 0. The number of para-hydroxylation sites is 1. The highest BCUT2D eigenvalue weighted by molar-refractivity contribution is 7.99. The van der Waals surface area contributed by atoms with Crippen molar-refractivity contribution in [2.75, 3.05) is 23.4 Å². The van der Waals surface area contributed by atoms with Gasteiger partial charge in [0.25, 0.3) is 0 Å². The lowest BCUT2D eigenvalue weighted by molar-refractivity contribution is 0.0454. The van der Waals surface area contributed by atoms with E-state index in [-0.39, 0.29) is 0 Å². The van der Waals surface area contributed by atoms with Gasteiger partial charge in [-0.15, -0.1) is 0 Å². The number of aryl methyl sites for hydroxylation is 1. The molecule has 1 fully saturated rings. The quantitative estimate of drug-likeness (QED) is 0.879. The third-order valence-corrected chi connectivity index (χ3v) is 5.29. The molecule has 1 saturated heterocycles. The van der Waals surface area contributed by atoms with Crippen LogP contribution in [0.3, 0.4) is 0 Å². The number of nitrogens with zero attached hydrogens (tertiary/aromatic N) is 1. The van der Waals surface area contributed by atoms with E-state index in [1.807, 2.05) is 23.9 Å². The van der Waals surface area contributed by atoms with Gasteiger partial charge in [0.2, 0.25) is 0 Å². The average Bonchev–Trinajstić information content (AvgIpc) is 2.54. The van der Waals surface area contributed by atoms with Gasteiger partial charge in [0.05, 0.1) is 11.1 Å². The normalized spacial score (nSPS) is 17.5. The summed E-state index contributed by atoms with van der Waals surface area (Å²) in [6, 6.07) is 10.4. The number of nitrogens with one attached hydrogen (secondary N) is 1. The maximum Gasteiger partial charge on any atom is 0.0835 e. The summed E-state index contributed by atoms with van der Waals surface area (Å²) >= 11 is 1.93. The van der Waals surface area contributed by atoms with Crippen LogP contribution in [-0.2, 0) is 6.42 Å². The van der Waals surface area contributed by atoms with Crippen LogP contribution in [0.4, 0.5) is 5.69 Å². The molecule has 22 heavy (non-hydrogen) atoms. The van der Waals surface area contributed by atoms with Crippen molar-refractivity contribution in [2.24, 2.45) is 0 Å². The Morgan fingerprint density at radius 1 is 1.27 bits per heavy atom. The first-order chi connectivity index (χ1) is 10.7. The number of thioether (sulfide) groups is 1. The fourth-order valence-corrected chi connectivity index (χ4v) is 4.20. The van der Waals surface area contributed by atoms with Gasteiger partial charge in [-0.05, 0) is 42.9 Å². The van der Waals surface area contributed by atoms with Crippen molar-refractivity contribution in [3.05, 3.63) is 36.0 Å². The van der Waals surface area contributed by atoms with Crippen molar-refractivity contribution in [2.45, 2.75) is 38.2 Å². The van der Waals surface area contributed by atoms with Crippen molar-refractivity contribution in [3.8, 4) is 0 Å². The molecule has 2 heterocycles. The predicted octanol–water partition coefficient (Wildman–Crippen LogP) is 3.86. The van der Waals surface area contributed by atoms with E-state index in [2.05, 4.69) is 30.4 Å².